The zero-order valence-corrected chi connectivity index (χ0v) is 20.0. The van der Waals surface area contributed by atoms with E-state index in [1.165, 1.54) is 4.68 Å². The fourth-order valence-corrected chi connectivity index (χ4v) is 6.90. The topological polar surface area (TPSA) is 84.3 Å². The van der Waals surface area contributed by atoms with Gasteiger partial charge in [0.05, 0.1) is 17.4 Å². The molecule has 3 aromatic rings. The Morgan fingerprint density at radius 3 is 2.47 bits per heavy atom. The van der Waals surface area contributed by atoms with Gasteiger partial charge in [0.1, 0.15) is 11.4 Å². The maximum Gasteiger partial charge on any atom is 0.246 e. The highest BCUT2D eigenvalue weighted by Gasteiger charge is 2.32. The van der Waals surface area contributed by atoms with Crippen LogP contribution in [0.15, 0.2) is 52.7 Å². The number of carbonyl (C=O) groups excluding carboxylic acids is 1. The van der Waals surface area contributed by atoms with E-state index >= 15 is 0 Å². The number of carbonyl (C=O) groups is 1. The minimum atomic E-state index is -3.62. The molecule has 9 heteroatoms. The molecule has 1 aliphatic heterocycles. The van der Waals surface area contributed by atoms with Gasteiger partial charge in [0.15, 0.2) is 0 Å². The Bertz CT molecular complexity index is 1170. The van der Waals surface area contributed by atoms with Crippen LogP contribution in [0.2, 0.25) is 0 Å². The number of rotatable bonds is 7. The summed E-state index contributed by atoms with van der Waals surface area (Å²) in [5, 5.41) is 9.48. The summed E-state index contributed by atoms with van der Waals surface area (Å²) in [6, 6.07) is 13.5. The van der Waals surface area contributed by atoms with Crippen LogP contribution in [0.5, 0.6) is 0 Å². The Kier molecular flexibility index (Phi) is 6.78. The number of hydrogen-bond donors (Lipinski definition) is 1. The van der Waals surface area contributed by atoms with Gasteiger partial charge in [-0.1, -0.05) is 42.8 Å². The number of piperidine rings is 1. The molecule has 1 aliphatic rings. The van der Waals surface area contributed by atoms with Gasteiger partial charge in [-0.15, -0.1) is 11.3 Å². The maximum absolute atomic E-state index is 13.2. The summed E-state index contributed by atoms with van der Waals surface area (Å²) in [6.07, 6.45) is 2.80. The molecule has 1 atom stereocenters. The molecule has 0 unspecified atom stereocenters. The molecule has 3 heterocycles. The highest BCUT2D eigenvalue weighted by molar-refractivity contribution is 7.89. The van der Waals surface area contributed by atoms with E-state index in [1.54, 1.807) is 29.5 Å². The molecule has 1 amide bonds. The van der Waals surface area contributed by atoms with E-state index < -0.39 is 10.0 Å². The fraction of sp³-hybridized carbons (Fsp3) is 0.391. The van der Waals surface area contributed by atoms with E-state index in [9.17, 15) is 13.2 Å². The first-order valence-electron chi connectivity index (χ1n) is 10.8. The van der Waals surface area contributed by atoms with Gasteiger partial charge in [-0.25, -0.2) is 8.42 Å². The van der Waals surface area contributed by atoms with Gasteiger partial charge in [-0.3, -0.25) is 9.48 Å². The van der Waals surface area contributed by atoms with Crippen molar-refractivity contribution in [3.05, 3.63) is 69.7 Å². The fourth-order valence-electron chi connectivity index (χ4n) is 4.20. The molecule has 170 valence electrons. The Balaban J connectivity index is 1.55. The second-order valence-electron chi connectivity index (χ2n) is 8.05. The molecular weight excluding hydrogens is 444 g/mol. The third kappa shape index (κ3) is 4.65. The van der Waals surface area contributed by atoms with E-state index in [0.29, 0.717) is 24.5 Å². The van der Waals surface area contributed by atoms with Crippen molar-refractivity contribution in [2.45, 2.75) is 50.6 Å². The molecule has 0 radical (unpaired) electrons. The maximum atomic E-state index is 13.2. The van der Waals surface area contributed by atoms with Crippen LogP contribution < -0.4 is 5.32 Å². The van der Waals surface area contributed by atoms with E-state index in [-0.39, 0.29) is 23.4 Å². The van der Waals surface area contributed by atoms with E-state index in [2.05, 4.69) is 10.4 Å². The zero-order valence-electron chi connectivity index (χ0n) is 18.3. The Hall–Kier alpha value is -2.49. The van der Waals surface area contributed by atoms with Gasteiger partial charge in [-0.2, -0.15) is 9.40 Å². The van der Waals surface area contributed by atoms with Crippen LogP contribution in [0.3, 0.4) is 0 Å². The van der Waals surface area contributed by atoms with Crippen LogP contribution in [0.4, 0.5) is 0 Å². The lowest BCUT2D eigenvalue weighted by atomic mass is 10.1. The first-order chi connectivity index (χ1) is 15.4. The molecule has 0 bridgehead atoms. The van der Waals surface area contributed by atoms with Gasteiger partial charge >= 0.3 is 0 Å². The molecule has 1 fully saturated rings. The lowest BCUT2D eigenvalue weighted by Gasteiger charge is -2.26. The number of amides is 1. The van der Waals surface area contributed by atoms with Crippen molar-refractivity contribution in [1.82, 2.24) is 19.4 Å². The zero-order chi connectivity index (χ0) is 22.7. The third-order valence-electron chi connectivity index (χ3n) is 5.79. The molecule has 4 rings (SSSR count). The monoisotopic (exact) mass is 472 g/mol. The van der Waals surface area contributed by atoms with E-state index in [0.717, 1.165) is 29.7 Å². The lowest BCUT2D eigenvalue weighted by Crippen LogP contribution is -2.36. The Morgan fingerprint density at radius 1 is 1.09 bits per heavy atom. The van der Waals surface area contributed by atoms with Gasteiger partial charge in [0.25, 0.3) is 0 Å². The largest absolute Gasteiger partial charge is 0.343 e. The van der Waals surface area contributed by atoms with Crippen molar-refractivity contribution in [2.24, 2.45) is 0 Å². The van der Waals surface area contributed by atoms with Crippen LogP contribution in [0.25, 0.3) is 0 Å². The quantitative estimate of drug-likeness (QED) is 0.569. The molecular formula is C23H28N4O3S2. The average Bonchev–Trinajstić information content (AvgIpc) is 3.41. The van der Waals surface area contributed by atoms with Crippen molar-refractivity contribution < 1.29 is 13.2 Å². The van der Waals surface area contributed by atoms with Crippen molar-refractivity contribution in [3.8, 4) is 0 Å². The van der Waals surface area contributed by atoms with E-state index in [4.69, 9.17) is 0 Å². The molecule has 0 aliphatic carbocycles. The average molecular weight is 473 g/mol. The van der Waals surface area contributed by atoms with Gasteiger partial charge < -0.3 is 5.32 Å². The highest BCUT2D eigenvalue weighted by atomic mass is 32.2. The third-order valence-corrected chi connectivity index (χ3v) is 8.88. The van der Waals surface area contributed by atoms with Crippen LogP contribution in [0.1, 0.15) is 47.1 Å². The van der Waals surface area contributed by atoms with Crippen LogP contribution in [-0.2, 0) is 21.4 Å². The van der Waals surface area contributed by atoms with Crippen molar-refractivity contribution in [2.75, 3.05) is 13.1 Å². The van der Waals surface area contributed by atoms with Crippen LogP contribution in [-0.4, -0.2) is 41.5 Å². The summed E-state index contributed by atoms with van der Waals surface area (Å²) in [6.45, 7) is 4.44. The summed E-state index contributed by atoms with van der Waals surface area (Å²) < 4.78 is 29.5. The standard InChI is InChI=1S/C23H28N4O3S2/c1-17-23(32(29,30)26-13-7-4-8-14-26)18(2)27(25-17)16-21(28)24-22(20-12-9-15-31-20)19-10-5-3-6-11-19/h3,5-6,9-12,15,22H,4,7-8,13-14,16H2,1-2H3,(H,24,28)/t22-/m1/s1. The first-order valence-corrected chi connectivity index (χ1v) is 13.1. The number of sulfonamides is 1. The molecule has 0 spiro atoms. The second kappa shape index (κ2) is 9.56. The number of benzene rings is 1. The minimum Gasteiger partial charge on any atom is -0.343 e. The SMILES string of the molecule is Cc1nn(CC(=O)N[C@H](c2ccccc2)c2cccs2)c(C)c1S(=O)(=O)N1CCCCC1. The minimum absolute atomic E-state index is 0.0447. The number of nitrogens with zero attached hydrogens (tertiary/aromatic N) is 3. The van der Waals surface area contributed by atoms with Crippen molar-refractivity contribution >= 4 is 27.3 Å². The summed E-state index contributed by atoms with van der Waals surface area (Å²) in [4.78, 5) is 14.2. The molecule has 0 saturated carbocycles. The van der Waals surface area contributed by atoms with Gasteiger partial charge in [-0.05, 0) is 43.7 Å². The molecule has 32 heavy (non-hydrogen) atoms. The molecule has 1 N–H and O–H groups in total. The lowest BCUT2D eigenvalue weighted by molar-refractivity contribution is -0.122. The number of thiophene rings is 1. The second-order valence-corrected chi connectivity index (χ2v) is 10.9. The van der Waals surface area contributed by atoms with Crippen molar-refractivity contribution in [1.29, 1.82) is 0 Å². The molecule has 2 aromatic heterocycles. The highest BCUT2D eigenvalue weighted by Crippen LogP contribution is 2.27. The van der Waals surface area contributed by atoms with E-state index in [1.807, 2.05) is 47.8 Å². The summed E-state index contributed by atoms with van der Waals surface area (Å²) in [5.41, 5.74) is 1.92. The summed E-state index contributed by atoms with van der Waals surface area (Å²) in [7, 11) is -3.62. The number of hydrogen-bond acceptors (Lipinski definition) is 5. The Morgan fingerprint density at radius 2 is 1.81 bits per heavy atom. The predicted octanol–water partition coefficient (Wildman–Crippen LogP) is 3.64. The Labute approximate surface area is 193 Å². The molecule has 1 aromatic carbocycles. The molecule has 1 saturated heterocycles. The predicted molar refractivity (Wildman–Crippen MR) is 125 cm³/mol. The van der Waals surface area contributed by atoms with Crippen LogP contribution in [0, 0.1) is 13.8 Å². The normalized spacial score (nSPS) is 16.1. The van der Waals surface area contributed by atoms with Crippen molar-refractivity contribution in [3.63, 3.8) is 0 Å². The summed E-state index contributed by atoms with van der Waals surface area (Å²) >= 11 is 1.58. The molecule has 7 nitrogen and oxygen atoms in total. The first kappa shape index (κ1) is 22.7. The van der Waals surface area contributed by atoms with Gasteiger partial charge in [0.2, 0.25) is 15.9 Å². The number of aryl methyl sites for hydroxylation is 1. The summed E-state index contributed by atoms with van der Waals surface area (Å²) in [5.74, 6) is -0.222. The number of aromatic nitrogens is 2. The van der Waals surface area contributed by atoms with Crippen LogP contribution >= 0.6 is 11.3 Å². The smallest absolute Gasteiger partial charge is 0.246 e. The number of nitrogens with one attached hydrogen (secondary N) is 1. The van der Waals surface area contributed by atoms with Gasteiger partial charge in [0, 0.05) is 18.0 Å².